The number of carbonyl (C=O) groups excluding carboxylic acids is 1. The monoisotopic (exact) mass is 456 g/mol. The fourth-order valence-corrected chi connectivity index (χ4v) is 2.99. The summed E-state index contributed by atoms with van der Waals surface area (Å²) < 4.78 is 24.6. The maximum atomic E-state index is 13.8. The van der Waals surface area contributed by atoms with Crippen molar-refractivity contribution in [1.82, 2.24) is 25.3 Å². The average molecular weight is 457 g/mol. The number of alkyl carbamates (subject to hydrolysis) is 1. The van der Waals surface area contributed by atoms with Crippen molar-refractivity contribution in [3.05, 3.63) is 76.9 Å². The van der Waals surface area contributed by atoms with E-state index in [9.17, 15) is 9.18 Å². The Labute approximate surface area is 187 Å². The maximum absolute atomic E-state index is 13.8. The number of nitrogens with one attached hydrogen (secondary N) is 2. The summed E-state index contributed by atoms with van der Waals surface area (Å²) in [6.45, 7) is 0.491. The molecule has 1 aromatic carbocycles. The van der Waals surface area contributed by atoms with Crippen LogP contribution in [0.3, 0.4) is 0 Å². The number of anilines is 1. The smallest absolute Gasteiger partial charge is 0.407 e. The number of amides is 1. The number of aromatic nitrogens is 4. The van der Waals surface area contributed by atoms with Crippen LogP contribution in [0.2, 0.25) is 5.28 Å². The number of oxazole rings is 1. The Hall–Kier alpha value is -3.79. The van der Waals surface area contributed by atoms with Gasteiger partial charge in [-0.2, -0.15) is 9.97 Å². The van der Waals surface area contributed by atoms with E-state index in [1.54, 1.807) is 0 Å². The Balaban J connectivity index is 1.35. The van der Waals surface area contributed by atoms with Gasteiger partial charge in [0.1, 0.15) is 12.4 Å². The standard InChI is InChI=1S/C21H18ClFN6O3/c22-20-28-18(26-11-15-14(23)7-4-9-24-15)17-19(29-20)32-16(27-17)8-10-25-21(30)31-12-13-5-2-1-3-6-13/h1-7,9H,8,10-12H2,(H,25,30)(H,26,28,29). The third kappa shape index (κ3) is 5.46. The van der Waals surface area contributed by atoms with Crippen molar-refractivity contribution in [3.8, 4) is 0 Å². The molecule has 0 aliphatic heterocycles. The van der Waals surface area contributed by atoms with E-state index in [2.05, 4.69) is 30.6 Å². The first-order chi connectivity index (χ1) is 15.6. The third-order valence-corrected chi connectivity index (χ3v) is 4.52. The molecule has 4 rings (SSSR count). The summed E-state index contributed by atoms with van der Waals surface area (Å²) in [5.74, 6) is 0.171. The van der Waals surface area contributed by atoms with Crippen LogP contribution in [0.25, 0.3) is 11.2 Å². The molecule has 0 spiro atoms. The topological polar surface area (TPSA) is 115 Å². The molecule has 0 bridgehead atoms. The number of hydrogen-bond donors (Lipinski definition) is 2. The lowest BCUT2D eigenvalue weighted by Gasteiger charge is -2.06. The van der Waals surface area contributed by atoms with Gasteiger partial charge in [0, 0.05) is 19.2 Å². The van der Waals surface area contributed by atoms with E-state index in [1.165, 1.54) is 18.3 Å². The van der Waals surface area contributed by atoms with Gasteiger partial charge in [0.15, 0.2) is 17.2 Å². The highest BCUT2D eigenvalue weighted by atomic mass is 35.5. The molecule has 0 fully saturated rings. The molecular weight excluding hydrogens is 439 g/mol. The Kier molecular flexibility index (Phi) is 6.71. The minimum absolute atomic E-state index is 0.0493. The number of halogens is 2. The molecule has 164 valence electrons. The molecule has 9 nitrogen and oxygen atoms in total. The van der Waals surface area contributed by atoms with Gasteiger partial charge in [-0.05, 0) is 29.3 Å². The van der Waals surface area contributed by atoms with Crippen LogP contribution < -0.4 is 10.6 Å². The highest BCUT2D eigenvalue weighted by molar-refractivity contribution is 6.28. The number of benzene rings is 1. The van der Waals surface area contributed by atoms with E-state index in [4.69, 9.17) is 20.8 Å². The Bertz CT molecular complexity index is 1220. The first kappa shape index (κ1) is 21.4. The minimum atomic E-state index is -0.549. The molecule has 3 aromatic heterocycles. The molecule has 0 saturated carbocycles. The van der Waals surface area contributed by atoms with Crippen molar-refractivity contribution >= 4 is 34.7 Å². The van der Waals surface area contributed by atoms with Crippen molar-refractivity contribution < 1.29 is 18.3 Å². The predicted molar refractivity (Wildman–Crippen MR) is 114 cm³/mol. The summed E-state index contributed by atoms with van der Waals surface area (Å²) in [5.41, 5.74) is 1.63. The van der Waals surface area contributed by atoms with Crippen LogP contribution in [0.1, 0.15) is 17.1 Å². The highest BCUT2D eigenvalue weighted by Gasteiger charge is 2.15. The van der Waals surface area contributed by atoms with Crippen molar-refractivity contribution in [2.45, 2.75) is 19.6 Å². The molecule has 1 amide bonds. The van der Waals surface area contributed by atoms with E-state index in [0.29, 0.717) is 17.8 Å². The first-order valence-corrected chi connectivity index (χ1v) is 10.1. The predicted octanol–water partition coefficient (Wildman–Crippen LogP) is 3.89. The molecule has 4 aromatic rings. The van der Waals surface area contributed by atoms with E-state index in [-0.39, 0.29) is 42.2 Å². The van der Waals surface area contributed by atoms with Crippen LogP contribution >= 0.6 is 11.6 Å². The van der Waals surface area contributed by atoms with E-state index in [1.807, 2.05) is 30.3 Å². The number of ether oxygens (including phenoxy) is 1. The molecule has 0 aliphatic carbocycles. The van der Waals surface area contributed by atoms with Crippen molar-refractivity contribution in [2.75, 3.05) is 11.9 Å². The zero-order valence-electron chi connectivity index (χ0n) is 16.7. The molecular formula is C21H18ClFN6O3. The normalized spacial score (nSPS) is 10.8. The highest BCUT2D eigenvalue weighted by Crippen LogP contribution is 2.23. The van der Waals surface area contributed by atoms with E-state index >= 15 is 0 Å². The summed E-state index contributed by atoms with van der Waals surface area (Å²) in [6, 6.07) is 12.2. The number of fused-ring (bicyclic) bond motifs is 1. The lowest BCUT2D eigenvalue weighted by Crippen LogP contribution is -2.26. The molecule has 0 unspecified atom stereocenters. The van der Waals surface area contributed by atoms with Gasteiger partial charge in [-0.1, -0.05) is 30.3 Å². The summed E-state index contributed by atoms with van der Waals surface area (Å²) in [5, 5.41) is 5.54. The van der Waals surface area contributed by atoms with Gasteiger partial charge in [0.2, 0.25) is 5.28 Å². The summed E-state index contributed by atoms with van der Waals surface area (Å²) in [6.07, 6.45) is 1.24. The van der Waals surface area contributed by atoms with Gasteiger partial charge in [0.05, 0.1) is 12.2 Å². The van der Waals surface area contributed by atoms with Gasteiger partial charge in [-0.3, -0.25) is 4.98 Å². The fourth-order valence-electron chi connectivity index (χ4n) is 2.83. The molecule has 11 heteroatoms. The Morgan fingerprint density at radius 2 is 1.97 bits per heavy atom. The Morgan fingerprint density at radius 1 is 1.12 bits per heavy atom. The summed E-state index contributed by atoms with van der Waals surface area (Å²) >= 11 is 5.96. The van der Waals surface area contributed by atoms with Gasteiger partial charge in [-0.25, -0.2) is 14.2 Å². The zero-order valence-corrected chi connectivity index (χ0v) is 17.5. The minimum Gasteiger partial charge on any atom is -0.445 e. The number of hydrogen-bond acceptors (Lipinski definition) is 8. The second kappa shape index (κ2) is 10.0. The van der Waals surface area contributed by atoms with Crippen LogP contribution in [0.15, 0.2) is 53.1 Å². The fraction of sp³-hybridized carbons (Fsp3) is 0.190. The first-order valence-electron chi connectivity index (χ1n) is 9.69. The van der Waals surface area contributed by atoms with Crippen LogP contribution in [0, 0.1) is 5.82 Å². The molecule has 0 radical (unpaired) electrons. The maximum Gasteiger partial charge on any atom is 0.407 e. The number of rotatable bonds is 8. The van der Waals surface area contributed by atoms with Gasteiger partial charge in [0.25, 0.3) is 5.71 Å². The van der Waals surface area contributed by atoms with Crippen LogP contribution in [0.5, 0.6) is 0 Å². The molecule has 0 aliphatic rings. The lowest BCUT2D eigenvalue weighted by atomic mass is 10.2. The van der Waals surface area contributed by atoms with Crippen LogP contribution in [-0.4, -0.2) is 32.6 Å². The third-order valence-electron chi connectivity index (χ3n) is 4.35. The van der Waals surface area contributed by atoms with E-state index < -0.39 is 11.9 Å². The number of nitrogens with zero attached hydrogens (tertiary/aromatic N) is 4. The van der Waals surface area contributed by atoms with Crippen molar-refractivity contribution in [1.29, 1.82) is 0 Å². The number of carbonyl (C=O) groups is 1. The summed E-state index contributed by atoms with van der Waals surface area (Å²) in [7, 11) is 0. The van der Waals surface area contributed by atoms with E-state index in [0.717, 1.165) is 5.56 Å². The quantitative estimate of drug-likeness (QED) is 0.384. The second-order valence-electron chi connectivity index (χ2n) is 6.63. The largest absolute Gasteiger partial charge is 0.445 e. The lowest BCUT2D eigenvalue weighted by molar-refractivity contribution is 0.139. The van der Waals surface area contributed by atoms with Gasteiger partial charge in [-0.15, -0.1) is 0 Å². The number of pyridine rings is 1. The molecule has 3 heterocycles. The second-order valence-corrected chi connectivity index (χ2v) is 6.96. The zero-order chi connectivity index (χ0) is 22.3. The van der Waals surface area contributed by atoms with Crippen molar-refractivity contribution in [3.63, 3.8) is 0 Å². The molecule has 32 heavy (non-hydrogen) atoms. The molecule has 0 atom stereocenters. The van der Waals surface area contributed by atoms with Gasteiger partial charge >= 0.3 is 6.09 Å². The SMILES string of the molecule is O=C(NCCc1nc2c(NCc3ncccc3F)nc(Cl)nc2o1)OCc1ccccc1. The van der Waals surface area contributed by atoms with Crippen LogP contribution in [0.4, 0.5) is 15.0 Å². The Morgan fingerprint density at radius 3 is 2.78 bits per heavy atom. The van der Waals surface area contributed by atoms with Gasteiger partial charge < -0.3 is 19.8 Å². The summed E-state index contributed by atoms with van der Waals surface area (Å²) in [4.78, 5) is 28.3. The molecule has 2 N–H and O–H groups in total. The van der Waals surface area contributed by atoms with Crippen molar-refractivity contribution in [2.24, 2.45) is 0 Å². The average Bonchev–Trinajstić information content (AvgIpc) is 3.20. The molecule has 0 saturated heterocycles. The van der Waals surface area contributed by atoms with Crippen LogP contribution in [-0.2, 0) is 24.3 Å².